The van der Waals surface area contributed by atoms with Gasteiger partial charge in [-0.2, -0.15) is 0 Å². The number of carbonyl (C=O) groups excluding carboxylic acids is 2. The number of hydrogen-bond acceptors (Lipinski definition) is 9. The quantitative estimate of drug-likeness (QED) is 0.121. The molecule has 0 aliphatic rings. The number of rotatable bonds is 9. The van der Waals surface area contributed by atoms with Gasteiger partial charge in [-0.15, -0.1) is 0 Å². The highest BCUT2D eigenvalue weighted by atomic mass is 16.5. The van der Waals surface area contributed by atoms with Gasteiger partial charge < -0.3 is 27.8 Å². The van der Waals surface area contributed by atoms with Gasteiger partial charge in [-0.1, -0.05) is 48.5 Å². The number of benzene rings is 4. The first-order valence-electron chi connectivity index (χ1n) is 14.3. The van der Waals surface area contributed by atoms with E-state index in [0.717, 1.165) is 0 Å². The van der Waals surface area contributed by atoms with Crippen LogP contribution in [0.2, 0.25) is 0 Å². The first-order valence-corrected chi connectivity index (χ1v) is 14.3. The second kappa shape index (κ2) is 12.4. The van der Waals surface area contributed by atoms with Crippen LogP contribution >= 0.6 is 0 Å². The summed E-state index contributed by atoms with van der Waals surface area (Å²) in [5.41, 5.74) is 1.32. The molecule has 0 spiro atoms. The highest BCUT2D eigenvalue weighted by Gasteiger charge is 2.27. The van der Waals surface area contributed by atoms with Crippen molar-refractivity contribution in [3.63, 3.8) is 0 Å². The SMILES string of the molecule is CCOC(=O)c1oc2cc(OC(=O)c3c(-c4ccccc4)oc4ccc(OCC)cc34)ccc2c(=O)c1-c1ccccc1OC. The molecule has 0 atom stereocenters. The van der Waals surface area contributed by atoms with Crippen LogP contribution in [0.3, 0.4) is 0 Å². The highest BCUT2D eigenvalue weighted by Crippen LogP contribution is 2.37. The number of carbonyl (C=O) groups is 2. The van der Waals surface area contributed by atoms with Crippen molar-refractivity contribution in [3.8, 4) is 39.7 Å². The Morgan fingerprint density at radius 3 is 2.24 bits per heavy atom. The monoisotopic (exact) mass is 604 g/mol. The fourth-order valence-electron chi connectivity index (χ4n) is 5.16. The summed E-state index contributed by atoms with van der Waals surface area (Å²) in [5, 5.41) is 0.687. The molecule has 45 heavy (non-hydrogen) atoms. The van der Waals surface area contributed by atoms with Crippen LogP contribution in [0.1, 0.15) is 34.8 Å². The molecular weight excluding hydrogens is 576 g/mol. The number of fused-ring (bicyclic) bond motifs is 2. The average molecular weight is 605 g/mol. The van der Waals surface area contributed by atoms with E-state index in [1.807, 2.05) is 37.3 Å². The molecule has 9 heteroatoms. The molecule has 0 unspecified atom stereocenters. The molecule has 226 valence electrons. The average Bonchev–Trinajstić information content (AvgIpc) is 3.44. The summed E-state index contributed by atoms with van der Waals surface area (Å²) in [6.45, 7) is 4.04. The van der Waals surface area contributed by atoms with Crippen LogP contribution in [0, 0.1) is 0 Å². The van der Waals surface area contributed by atoms with Gasteiger partial charge in [-0.25, -0.2) is 9.59 Å². The van der Waals surface area contributed by atoms with Crippen molar-refractivity contribution in [1.82, 2.24) is 0 Å². The molecule has 6 aromatic rings. The summed E-state index contributed by atoms with van der Waals surface area (Å²) >= 11 is 0. The van der Waals surface area contributed by atoms with Crippen molar-refractivity contribution in [3.05, 3.63) is 113 Å². The smallest absolute Gasteiger partial charge is 0.375 e. The summed E-state index contributed by atoms with van der Waals surface area (Å²) in [4.78, 5) is 40.7. The van der Waals surface area contributed by atoms with Crippen molar-refractivity contribution in [2.75, 3.05) is 20.3 Å². The van der Waals surface area contributed by atoms with E-state index >= 15 is 0 Å². The van der Waals surface area contributed by atoms with Crippen molar-refractivity contribution in [2.45, 2.75) is 13.8 Å². The van der Waals surface area contributed by atoms with E-state index < -0.39 is 17.4 Å². The topological polar surface area (TPSA) is 114 Å². The Balaban J connectivity index is 1.46. The predicted molar refractivity (Wildman–Crippen MR) is 168 cm³/mol. The predicted octanol–water partition coefficient (Wildman–Crippen LogP) is 7.68. The van der Waals surface area contributed by atoms with Gasteiger partial charge in [0.1, 0.15) is 39.7 Å². The lowest BCUT2D eigenvalue weighted by Gasteiger charge is -2.13. The number of ether oxygens (including phenoxy) is 4. The van der Waals surface area contributed by atoms with Gasteiger partial charge in [0.05, 0.1) is 31.3 Å². The summed E-state index contributed by atoms with van der Waals surface area (Å²) in [6, 6.07) is 25.6. The highest BCUT2D eigenvalue weighted by molar-refractivity contribution is 6.10. The lowest BCUT2D eigenvalue weighted by atomic mass is 10.0. The zero-order valence-corrected chi connectivity index (χ0v) is 24.7. The second-order valence-corrected chi connectivity index (χ2v) is 9.87. The molecule has 0 aliphatic heterocycles. The van der Waals surface area contributed by atoms with Crippen LogP contribution < -0.4 is 19.6 Å². The van der Waals surface area contributed by atoms with Crippen LogP contribution in [0.25, 0.3) is 44.4 Å². The van der Waals surface area contributed by atoms with Gasteiger partial charge in [0.25, 0.3) is 0 Å². The Bertz CT molecular complexity index is 2110. The molecule has 0 bridgehead atoms. The maximum Gasteiger partial charge on any atom is 0.375 e. The molecule has 9 nitrogen and oxygen atoms in total. The first-order chi connectivity index (χ1) is 21.9. The van der Waals surface area contributed by atoms with E-state index in [1.165, 1.54) is 25.3 Å². The Kier molecular flexibility index (Phi) is 8.07. The van der Waals surface area contributed by atoms with Crippen molar-refractivity contribution in [1.29, 1.82) is 0 Å². The number of furan rings is 1. The maximum absolute atomic E-state index is 13.8. The molecule has 0 radical (unpaired) electrons. The van der Waals surface area contributed by atoms with Crippen LogP contribution in [-0.4, -0.2) is 32.3 Å². The Morgan fingerprint density at radius 2 is 1.49 bits per heavy atom. The van der Waals surface area contributed by atoms with Crippen LogP contribution in [0.15, 0.2) is 105 Å². The summed E-state index contributed by atoms with van der Waals surface area (Å²) in [7, 11) is 1.47. The van der Waals surface area contributed by atoms with Crippen molar-refractivity contribution in [2.24, 2.45) is 0 Å². The molecule has 0 amide bonds. The van der Waals surface area contributed by atoms with Gasteiger partial charge in [-0.05, 0) is 50.2 Å². The maximum atomic E-state index is 13.8. The van der Waals surface area contributed by atoms with E-state index in [2.05, 4.69) is 0 Å². The second-order valence-electron chi connectivity index (χ2n) is 9.87. The van der Waals surface area contributed by atoms with Crippen molar-refractivity contribution < 1.29 is 37.4 Å². The Morgan fingerprint density at radius 1 is 0.733 bits per heavy atom. The minimum Gasteiger partial charge on any atom is -0.496 e. The molecule has 2 heterocycles. The van der Waals surface area contributed by atoms with Crippen molar-refractivity contribution >= 4 is 33.9 Å². The third-order valence-corrected chi connectivity index (χ3v) is 7.12. The Hall–Kier alpha value is -5.83. The molecule has 0 saturated carbocycles. The van der Waals surface area contributed by atoms with Gasteiger partial charge in [0.15, 0.2) is 0 Å². The molecule has 0 fully saturated rings. The third kappa shape index (κ3) is 5.51. The summed E-state index contributed by atoms with van der Waals surface area (Å²) < 4.78 is 34.3. The number of hydrogen-bond donors (Lipinski definition) is 0. The van der Waals surface area contributed by atoms with Gasteiger partial charge in [0.2, 0.25) is 11.2 Å². The molecule has 0 aliphatic carbocycles. The molecule has 6 rings (SSSR count). The van der Waals surface area contributed by atoms with E-state index in [-0.39, 0.29) is 40.2 Å². The molecule has 2 aromatic heterocycles. The zero-order chi connectivity index (χ0) is 31.5. The Labute approximate surface area is 257 Å². The summed E-state index contributed by atoms with van der Waals surface area (Å²) in [5.74, 6) is -0.425. The van der Waals surface area contributed by atoms with Gasteiger partial charge in [-0.3, -0.25) is 4.79 Å². The number of esters is 2. The summed E-state index contributed by atoms with van der Waals surface area (Å²) in [6.07, 6.45) is 0. The molecular formula is C36H28O9. The lowest BCUT2D eigenvalue weighted by Crippen LogP contribution is -2.15. The molecule has 4 aromatic carbocycles. The molecule has 0 N–H and O–H groups in total. The van der Waals surface area contributed by atoms with E-state index in [0.29, 0.717) is 46.0 Å². The van der Waals surface area contributed by atoms with E-state index in [4.69, 9.17) is 27.8 Å². The number of para-hydroxylation sites is 1. The normalized spacial score (nSPS) is 11.0. The third-order valence-electron chi connectivity index (χ3n) is 7.12. The van der Waals surface area contributed by atoms with E-state index in [9.17, 15) is 14.4 Å². The van der Waals surface area contributed by atoms with Gasteiger partial charge in [0, 0.05) is 22.6 Å². The van der Waals surface area contributed by atoms with E-state index in [1.54, 1.807) is 49.4 Å². The fourth-order valence-corrected chi connectivity index (χ4v) is 5.16. The fraction of sp³-hybridized carbons (Fsp3) is 0.139. The zero-order valence-electron chi connectivity index (χ0n) is 24.7. The minimum atomic E-state index is -0.817. The lowest BCUT2D eigenvalue weighted by molar-refractivity contribution is 0.0491. The van der Waals surface area contributed by atoms with Crippen LogP contribution in [0.4, 0.5) is 0 Å². The van der Waals surface area contributed by atoms with Crippen LogP contribution in [-0.2, 0) is 4.74 Å². The molecule has 0 saturated heterocycles. The minimum absolute atomic E-state index is 0.00520. The standard InChI is InChI=1S/C36H28O9/c1-4-41-22-16-18-28-26(19-22)31(33(44-28)21-11-7-6-8-12-21)35(38)43-23-15-17-25-29(20-23)45-34(36(39)42-5-2)30(32(25)37)24-13-9-10-14-27(24)40-3/h6-20H,4-5H2,1-3H3. The van der Waals surface area contributed by atoms with Gasteiger partial charge >= 0.3 is 11.9 Å². The largest absolute Gasteiger partial charge is 0.496 e. The van der Waals surface area contributed by atoms with Crippen LogP contribution in [0.5, 0.6) is 17.2 Å². The first kappa shape index (κ1) is 29.3. The number of methoxy groups -OCH3 is 1.